The Morgan fingerprint density at radius 1 is 0.686 bits per heavy atom. The van der Waals surface area contributed by atoms with E-state index in [9.17, 15) is 9.59 Å². The normalized spacial score (nSPS) is 11.3. The van der Waals surface area contributed by atoms with Crippen molar-refractivity contribution in [2.24, 2.45) is 0 Å². The second-order valence-corrected chi connectivity index (χ2v) is 8.13. The van der Waals surface area contributed by atoms with Crippen molar-refractivity contribution in [2.75, 3.05) is 6.61 Å². The molecular weight excluding hydrogens is 436 g/mol. The van der Waals surface area contributed by atoms with Crippen molar-refractivity contribution in [3.63, 3.8) is 0 Å². The molecule has 0 aliphatic heterocycles. The minimum atomic E-state index is -0.813. The minimum Gasteiger partial charge on any atom is -0.484 e. The number of hydrogen-bond acceptors (Lipinski definition) is 3. The molecule has 0 aliphatic rings. The number of carbonyl (C=O) groups excluding carboxylic acids is 2. The average Bonchev–Trinajstić information content (AvgIpc) is 2.92. The molecule has 1 N–H and O–H groups in total. The van der Waals surface area contributed by atoms with Crippen LogP contribution in [0.1, 0.15) is 22.7 Å². The first-order valence-electron chi connectivity index (χ1n) is 11.6. The summed E-state index contributed by atoms with van der Waals surface area (Å²) < 4.78 is 5.76. The van der Waals surface area contributed by atoms with E-state index in [0.29, 0.717) is 12.3 Å². The van der Waals surface area contributed by atoms with Crippen molar-refractivity contribution in [1.29, 1.82) is 0 Å². The van der Waals surface area contributed by atoms with Crippen LogP contribution in [0.4, 0.5) is 0 Å². The van der Waals surface area contributed by atoms with Crippen LogP contribution in [-0.2, 0) is 22.7 Å². The molecule has 0 radical (unpaired) electrons. The Morgan fingerprint density at radius 2 is 1.20 bits per heavy atom. The third kappa shape index (κ3) is 6.81. The van der Waals surface area contributed by atoms with Crippen molar-refractivity contribution in [2.45, 2.75) is 19.1 Å². The van der Waals surface area contributed by atoms with Gasteiger partial charge in [-0.05, 0) is 28.8 Å². The third-order valence-electron chi connectivity index (χ3n) is 5.61. The van der Waals surface area contributed by atoms with Gasteiger partial charge in [0.15, 0.2) is 6.61 Å². The van der Waals surface area contributed by atoms with E-state index in [0.717, 1.165) is 16.7 Å². The number of amides is 2. The highest BCUT2D eigenvalue weighted by atomic mass is 16.5. The summed E-state index contributed by atoms with van der Waals surface area (Å²) in [6, 6.07) is 37.1. The standard InChI is InChI=1S/C30H28N2O3/c33-28(23-35-27-19-11-4-12-20-27)32(22-25-15-7-2-8-16-25)29(26-17-9-3-10-18-26)30(34)31-21-24-13-5-1-6-14-24/h1-20,29H,21-23H2,(H,31,34). The lowest BCUT2D eigenvalue weighted by Gasteiger charge is -2.31. The van der Waals surface area contributed by atoms with Gasteiger partial charge in [0, 0.05) is 13.1 Å². The van der Waals surface area contributed by atoms with Gasteiger partial charge in [0.05, 0.1) is 0 Å². The molecule has 5 heteroatoms. The van der Waals surface area contributed by atoms with Crippen molar-refractivity contribution in [3.05, 3.63) is 138 Å². The fraction of sp³-hybridized carbons (Fsp3) is 0.133. The Bertz CT molecular complexity index is 1200. The summed E-state index contributed by atoms with van der Waals surface area (Å²) in [7, 11) is 0. The van der Waals surface area contributed by atoms with Crippen LogP contribution in [-0.4, -0.2) is 23.3 Å². The van der Waals surface area contributed by atoms with Crippen molar-refractivity contribution < 1.29 is 14.3 Å². The molecule has 4 aromatic carbocycles. The molecule has 4 rings (SSSR count). The van der Waals surface area contributed by atoms with E-state index in [2.05, 4.69) is 5.32 Å². The van der Waals surface area contributed by atoms with Gasteiger partial charge in [0.2, 0.25) is 5.91 Å². The smallest absolute Gasteiger partial charge is 0.261 e. The first-order chi connectivity index (χ1) is 17.2. The molecule has 0 saturated carbocycles. The number of carbonyl (C=O) groups is 2. The third-order valence-corrected chi connectivity index (χ3v) is 5.61. The number of nitrogens with zero attached hydrogens (tertiary/aromatic N) is 1. The number of hydrogen-bond donors (Lipinski definition) is 1. The van der Waals surface area contributed by atoms with Gasteiger partial charge in [-0.15, -0.1) is 0 Å². The van der Waals surface area contributed by atoms with Crippen LogP contribution in [0.25, 0.3) is 0 Å². The molecule has 1 unspecified atom stereocenters. The molecular formula is C30H28N2O3. The lowest BCUT2D eigenvalue weighted by Crippen LogP contribution is -2.45. The molecule has 0 aliphatic carbocycles. The lowest BCUT2D eigenvalue weighted by molar-refractivity contribution is -0.143. The number of ether oxygens (including phenoxy) is 1. The van der Waals surface area contributed by atoms with Crippen LogP contribution >= 0.6 is 0 Å². The Hall–Kier alpha value is -4.38. The molecule has 4 aromatic rings. The Labute approximate surface area is 206 Å². The largest absolute Gasteiger partial charge is 0.484 e. The zero-order chi connectivity index (χ0) is 24.3. The summed E-state index contributed by atoms with van der Waals surface area (Å²) in [6.07, 6.45) is 0. The monoisotopic (exact) mass is 464 g/mol. The number of para-hydroxylation sites is 1. The molecule has 0 heterocycles. The fourth-order valence-electron chi connectivity index (χ4n) is 3.84. The predicted molar refractivity (Wildman–Crippen MR) is 136 cm³/mol. The van der Waals surface area contributed by atoms with E-state index in [4.69, 9.17) is 4.74 Å². The van der Waals surface area contributed by atoms with Crippen molar-refractivity contribution >= 4 is 11.8 Å². The molecule has 176 valence electrons. The van der Waals surface area contributed by atoms with Gasteiger partial charge in [0.25, 0.3) is 5.91 Å². The van der Waals surface area contributed by atoms with Gasteiger partial charge in [-0.2, -0.15) is 0 Å². The summed E-state index contributed by atoms with van der Waals surface area (Å²) in [5.41, 5.74) is 2.65. The van der Waals surface area contributed by atoms with Crippen LogP contribution in [0.3, 0.4) is 0 Å². The summed E-state index contributed by atoms with van der Waals surface area (Å²) in [4.78, 5) is 28.7. The Balaban J connectivity index is 1.61. The van der Waals surface area contributed by atoms with E-state index in [1.54, 1.807) is 17.0 Å². The summed E-state index contributed by atoms with van der Waals surface area (Å²) >= 11 is 0. The van der Waals surface area contributed by atoms with E-state index in [1.807, 2.05) is 109 Å². The maximum atomic E-state index is 13.6. The van der Waals surface area contributed by atoms with Crippen LogP contribution in [0.15, 0.2) is 121 Å². The minimum absolute atomic E-state index is 0.174. The van der Waals surface area contributed by atoms with Crippen LogP contribution in [0.2, 0.25) is 0 Å². The van der Waals surface area contributed by atoms with Crippen LogP contribution in [0.5, 0.6) is 5.75 Å². The summed E-state index contributed by atoms with van der Waals surface area (Å²) in [6.45, 7) is 0.471. The SMILES string of the molecule is O=C(NCc1ccccc1)C(c1ccccc1)N(Cc1ccccc1)C(=O)COc1ccccc1. The molecule has 1 atom stereocenters. The quantitative estimate of drug-likeness (QED) is 0.353. The van der Waals surface area contributed by atoms with Crippen LogP contribution < -0.4 is 10.1 Å². The molecule has 2 amide bonds. The highest BCUT2D eigenvalue weighted by Crippen LogP contribution is 2.24. The molecule has 0 fully saturated rings. The van der Waals surface area contributed by atoms with Crippen molar-refractivity contribution in [3.8, 4) is 5.75 Å². The summed E-state index contributed by atoms with van der Waals surface area (Å²) in [5, 5.41) is 3.02. The van der Waals surface area contributed by atoms with E-state index >= 15 is 0 Å². The maximum Gasteiger partial charge on any atom is 0.261 e. The predicted octanol–water partition coefficient (Wildman–Crippen LogP) is 5.15. The number of rotatable bonds is 10. The zero-order valence-electron chi connectivity index (χ0n) is 19.4. The van der Waals surface area contributed by atoms with Gasteiger partial charge < -0.3 is 15.0 Å². The van der Waals surface area contributed by atoms with Gasteiger partial charge in [-0.25, -0.2) is 0 Å². The topological polar surface area (TPSA) is 58.6 Å². The Kier molecular flexibility index (Phi) is 8.28. The van der Waals surface area contributed by atoms with E-state index in [1.165, 1.54) is 0 Å². The second kappa shape index (κ2) is 12.2. The number of benzene rings is 4. The second-order valence-electron chi connectivity index (χ2n) is 8.13. The molecule has 5 nitrogen and oxygen atoms in total. The Morgan fingerprint density at radius 3 is 1.80 bits per heavy atom. The summed E-state index contributed by atoms with van der Waals surface area (Å²) in [5.74, 6) is 0.0794. The molecule has 0 bridgehead atoms. The molecule has 0 spiro atoms. The van der Waals surface area contributed by atoms with Crippen molar-refractivity contribution in [1.82, 2.24) is 10.2 Å². The highest BCUT2D eigenvalue weighted by molar-refractivity contribution is 5.89. The van der Waals surface area contributed by atoms with Gasteiger partial charge in [0.1, 0.15) is 11.8 Å². The highest BCUT2D eigenvalue weighted by Gasteiger charge is 2.31. The molecule has 35 heavy (non-hydrogen) atoms. The lowest BCUT2D eigenvalue weighted by atomic mass is 10.0. The first kappa shape index (κ1) is 23.8. The van der Waals surface area contributed by atoms with E-state index < -0.39 is 6.04 Å². The molecule has 0 saturated heterocycles. The van der Waals surface area contributed by atoms with E-state index in [-0.39, 0.29) is 25.0 Å². The maximum absolute atomic E-state index is 13.6. The molecule has 0 aromatic heterocycles. The first-order valence-corrected chi connectivity index (χ1v) is 11.6. The average molecular weight is 465 g/mol. The van der Waals surface area contributed by atoms with Gasteiger partial charge >= 0.3 is 0 Å². The fourth-order valence-corrected chi connectivity index (χ4v) is 3.84. The van der Waals surface area contributed by atoms with Crippen LogP contribution in [0, 0.1) is 0 Å². The van der Waals surface area contributed by atoms with Gasteiger partial charge in [-0.1, -0.05) is 109 Å². The number of nitrogens with one attached hydrogen (secondary N) is 1. The zero-order valence-corrected chi connectivity index (χ0v) is 19.4. The van der Waals surface area contributed by atoms with Gasteiger partial charge in [-0.3, -0.25) is 9.59 Å².